The molecular weight excluding hydrogens is 212 g/mol. The normalized spacial score (nSPS) is 17.8. The van der Waals surface area contributed by atoms with Gasteiger partial charge >= 0.3 is 0 Å². The molecule has 0 amide bonds. The molecule has 0 aliphatic heterocycles. The predicted molar refractivity (Wildman–Crippen MR) is 66.4 cm³/mol. The number of nitrogen functional groups attached to an aromatic ring is 1. The van der Waals surface area contributed by atoms with Crippen LogP contribution in [0, 0.1) is 0 Å². The van der Waals surface area contributed by atoms with E-state index >= 15 is 0 Å². The van der Waals surface area contributed by atoms with Crippen LogP contribution in [0.15, 0.2) is 36.5 Å². The number of aryl methyl sites for hydroxylation is 1. The van der Waals surface area contributed by atoms with Gasteiger partial charge in [-0.15, -0.1) is 0 Å². The zero-order valence-electron chi connectivity index (χ0n) is 9.43. The predicted octanol–water partition coefficient (Wildman–Crippen LogP) is 1.84. The topological polar surface area (TPSA) is 63.8 Å². The molecule has 0 fully saturated rings. The van der Waals surface area contributed by atoms with Gasteiger partial charge in [0.2, 0.25) is 0 Å². The molecule has 17 heavy (non-hydrogen) atoms. The van der Waals surface area contributed by atoms with Crippen molar-refractivity contribution in [2.24, 2.45) is 5.84 Å². The molecule has 0 saturated carbocycles. The summed E-state index contributed by atoms with van der Waals surface area (Å²) in [6.45, 7) is 0. The van der Waals surface area contributed by atoms with Gasteiger partial charge in [0.25, 0.3) is 0 Å². The van der Waals surface area contributed by atoms with Crippen LogP contribution in [0.2, 0.25) is 0 Å². The van der Waals surface area contributed by atoms with E-state index in [-0.39, 0.29) is 0 Å². The van der Waals surface area contributed by atoms with E-state index in [1.807, 2.05) is 0 Å². The number of nitrogens with two attached hydrogens (primary N) is 1. The molecule has 1 unspecified atom stereocenters. The van der Waals surface area contributed by atoms with Gasteiger partial charge < -0.3 is 5.43 Å². The zero-order chi connectivity index (χ0) is 11.7. The molecular formula is C13H14N4. The van der Waals surface area contributed by atoms with E-state index in [2.05, 4.69) is 39.7 Å². The number of anilines is 1. The van der Waals surface area contributed by atoms with Gasteiger partial charge in [0, 0.05) is 18.2 Å². The Morgan fingerprint density at radius 3 is 3.00 bits per heavy atom. The maximum absolute atomic E-state index is 5.37. The third-order valence-corrected chi connectivity index (χ3v) is 3.27. The number of hydrazine groups is 1. The van der Waals surface area contributed by atoms with Crippen LogP contribution < -0.4 is 11.3 Å². The van der Waals surface area contributed by atoms with Crippen molar-refractivity contribution in [1.29, 1.82) is 0 Å². The van der Waals surface area contributed by atoms with Gasteiger partial charge in [-0.2, -0.15) is 0 Å². The average Bonchev–Trinajstić information content (AvgIpc) is 2.82. The van der Waals surface area contributed by atoms with Gasteiger partial charge in [-0.1, -0.05) is 24.3 Å². The Balaban J connectivity index is 2.01. The van der Waals surface area contributed by atoms with Crippen LogP contribution in [0.5, 0.6) is 0 Å². The molecule has 1 aliphatic rings. The molecule has 1 atom stereocenters. The van der Waals surface area contributed by atoms with Crippen LogP contribution in [-0.2, 0) is 6.42 Å². The first-order valence-electron chi connectivity index (χ1n) is 5.76. The lowest BCUT2D eigenvalue weighted by atomic mass is 10.0. The van der Waals surface area contributed by atoms with Crippen molar-refractivity contribution in [3.05, 3.63) is 53.5 Å². The highest BCUT2D eigenvalue weighted by Crippen LogP contribution is 2.36. The lowest BCUT2D eigenvalue weighted by Gasteiger charge is -2.10. The fourth-order valence-corrected chi connectivity index (χ4v) is 2.45. The molecule has 0 bridgehead atoms. The van der Waals surface area contributed by atoms with E-state index in [0.717, 1.165) is 18.7 Å². The maximum atomic E-state index is 5.37. The summed E-state index contributed by atoms with van der Waals surface area (Å²) in [5.41, 5.74) is 5.32. The SMILES string of the molecule is NNc1ccnc(C2CCc3ccccc32)n1. The zero-order valence-corrected chi connectivity index (χ0v) is 9.43. The number of nitrogens with zero attached hydrogens (tertiary/aromatic N) is 2. The number of benzene rings is 1. The first-order valence-corrected chi connectivity index (χ1v) is 5.76. The van der Waals surface area contributed by atoms with Crippen molar-refractivity contribution in [1.82, 2.24) is 9.97 Å². The fourth-order valence-electron chi connectivity index (χ4n) is 2.45. The molecule has 4 heteroatoms. The van der Waals surface area contributed by atoms with Gasteiger partial charge in [0.15, 0.2) is 0 Å². The summed E-state index contributed by atoms with van der Waals surface area (Å²) in [6.07, 6.45) is 3.93. The molecule has 4 nitrogen and oxygen atoms in total. The Morgan fingerprint density at radius 2 is 2.12 bits per heavy atom. The number of hydrogen-bond acceptors (Lipinski definition) is 4. The first-order chi connectivity index (χ1) is 8.38. The number of aromatic nitrogens is 2. The van der Waals surface area contributed by atoms with Crippen LogP contribution in [0.3, 0.4) is 0 Å². The van der Waals surface area contributed by atoms with Gasteiger partial charge in [-0.25, -0.2) is 15.8 Å². The lowest BCUT2D eigenvalue weighted by Crippen LogP contribution is -2.11. The number of nitrogens with one attached hydrogen (secondary N) is 1. The molecule has 3 N–H and O–H groups in total. The standard InChI is InChI=1S/C13H14N4/c14-17-12-7-8-15-13(16-12)11-6-5-9-3-1-2-4-10(9)11/h1-4,7-8,11H,5-6,14H2,(H,15,16,17). The number of fused-ring (bicyclic) bond motifs is 1. The largest absolute Gasteiger partial charge is 0.308 e. The van der Waals surface area contributed by atoms with E-state index in [1.165, 1.54) is 11.1 Å². The third kappa shape index (κ3) is 1.76. The van der Waals surface area contributed by atoms with Crippen LogP contribution in [0.4, 0.5) is 5.82 Å². The molecule has 1 heterocycles. The minimum Gasteiger partial charge on any atom is -0.308 e. The molecule has 0 saturated heterocycles. The van der Waals surface area contributed by atoms with Crippen molar-refractivity contribution in [3.8, 4) is 0 Å². The van der Waals surface area contributed by atoms with E-state index < -0.39 is 0 Å². The summed E-state index contributed by atoms with van der Waals surface area (Å²) >= 11 is 0. The van der Waals surface area contributed by atoms with E-state index in [0.29, 0.717) is 11.7 Å². The van der Waals surface area contributed by atoms with Crippen LogP contribution in [0.1, 0.15) is 29.3 Å². The van der Waals surface area contributed by atoms with Crippen LogP contribution >= 0.6 is 0 Å². The van der Waals surface area contributed by atoms with E-state index in [9.17, 15) is 0 Å². The second kappa shape index (κ2) is 4.14. The summed E-state index contributed by atoms with van der Waals surface area (Å²) in [7, 11) is 0. The highest BCUT2D eigenvalue weighted by Gasteiger charge is 2.25. The first kappa shape index (κ1) is 10.2. The van der Waals surface area contributed by atoms with Crippen molar-refractivity contribution in [2.45, 2.75) is 18.8 Å². The molecule has 0 spiro atoms. The Morgan fingerprint density at radius 1 is 1.24 bits per heavy atom. The summed E-state index contributed by atoms with van der Waals surface area (Å²) < 4.78 is 0. The molecule has 86 valence electrons. The van der Waals surface area contributed by atoms with Crippen LogP contribution in [-0.4, -0.2) is 9.97 Å². The van der Waals surface area contributed by atoms with Crippen LogP contribution in [0.25, 0.3) is 0 Å². The smallest absolute Gasteiger partial charge is 0.143 e. The third-order valence-electron chi connectivity index (χ3n) is 3.27. The van der Waals surface area contributed by atoms with Crippen molar-refractivity contribution < 1.29 is 0 Å². The summed E-state index contributed by atoms with van der Waals surface area (Å²) in [4.78, 5) is 8.79. The van der Waals surface area contributed by atoms with Crippen molar-refractivity contribution in [3.63, 3.8) is 0 Å². The Labute approximate surface area is 99.9 Å². The Hall–Kier alpha value is -1.94. The van der Waals surface area contributed by atoms with Crippen molar-refractivity contribution >= 4 is 5.82 Å². The number of rotatable bonds is 2. The molecule has 0 radical (unpaired) electrons. The quantitative estimate of drug-likeness (QED) is 0.606. The van der Waals surface area contributed by atoms with E-state index in [4.69, 9.17) is 5.84 Å². The second-order valence-corrected chi connectivity index (χ2v) is 4.23. The highest BCUT2D eigenvalue weighted by molar-refractivity contribution is 5.40. The summed E-state index contributed by atoms with van der Waals surface area (Å²) in [5.74, 6) is 7.20. The minimum atomic E-state index is 0.305. The number of hydrogen-bond donors (Lipinski definition) is 2. The average molecular weight is 226 g/mol. The van der Waals surface area contributed by atoms with Crippen molar-refractivity contribution in [2.75, 3.05) is 5.43 Å². The molecule has 1 aromatic carbocycles. The van der Waals surface area contributed by atoms with Gasteiger partial charge in [0.05, 0.1) is 0 Å². The van der Waals surface area contributed by atoms with E-state index in [1.54, 1.807) is 12.3 Å². The molecule has 2 aromatic rings. The summed E-state index contributed by atoms with van der Waals surface area (Å²) in [5, 5.41) is 0. The van der Waals surface area contributed by atoms with Gasteiger partial charge in [-0.05, 0) is 24.0 Å². The maximum Gasteiger partial charge on any atom is 0.143 e. The summed E-state index contributed by atoms with van der Waals surface area (Å²) in [6, 6.07) is 10.3. The fraction of sp³-hybridized carbons (Fsp3) is 0.231. The second-order valence-electron chi connectivity index (χ2n) is 4.23. The Kier molecular flexibility index (Phi) is 2.49. The van der Waals surface area contributed by atoms with Gasteiger partial charge in [-0.3, -0.25) is 0 Å². The highest BCUT2D eigenvalue weighted by atomic mass is 15.3. The molecule has 3 rings (SSSR count). The molecule has 1 aliphatic carbocycles. The van der Waals surface area contributed by atoms with Gasteiger partial charge in [0.1, 0.15) is 11.6 Å². The Bertz CT molecular complexity index is 538. The monoisotopic (exact) mass is 226 g/mol. The minimum absolute atomic E-state index is 0.305. The lowest BCUT2D eigenvalue weighted by molar-refractivity contribution is 0.729. The molecule has 1 aromatic heterocycles.